The molecule has 0 amide bonds. The van der Waals surface area contributed by atoms with Crippen LogP contribution in [0.4, 0.5) is 0 Å². The number of aliphatic hydroxyl groups is 1. The molecule has 0 aromatic rings. The lowest BCUT2D eigenvalue weighted by molar-refractivity contribution is 0.154. The van der Waals surface area contributed by atoms with Gasteiger partial charge in [0.25, 0.3) is 0 Å². The molecule has 1 saturated heterocycles. The van der Waals surface area contributed by atoms with Crippen LogP contribution in [0, 0.1) is 5.92 Å². The molecule has 0 spiro atoms. The van der Waals surface area contributed by atoms with Crippen molar-refractivity contribution in [3.8, 4) is 0 Å². The van der Waals surface area contributed by atoms with E-state index >= 15 is 0 Å². The van der Waals surface area contributed by atoms with Crippen LogP contribution in [0.15, 0.2) is 0 Å². The van der Waals surface area contributed by atoms with E-state index < -0.39 is 0 Å². The van der Waals surface area contributed by atoms with Crippen molar-refractivity contribution in [1.82, 2.24) is 3.11 Å². The highest BCUT2D eigenvalue weighted by molar-refractivity contribution is 14.1. The summed E-state index contributed by atoms with van der Waals surface area (Å²) in [5, 5.41) is 9.12. The molecule has 1 heterocycles. The molecule has 2 atom stereocenters. The quantitative estimate of drug-likeness (QED) is 0.485. The van der Waals surface area contributed by atoms with E-state index in [1.807, 2.05) is 0 Å². The van der Waals surface area contributed by atoms with Crippen molar-refractivity contribution in [3.63, 3.8) is 0 Å². The fraction of sp³-hybridized carbons (Fsp3) is 1.00. The second kappa shape index (κ2) is 2.49. The topological polar surface area (TPSA) is 23.5 Å². The average Bonchev–Trinajstić information content (AvgIpc) is 1.85. The summed E-state index contributed by atoms with van der Waals surface area (Å²) in [4.78, 5) is 0. The molecule has 0 aromatic carbocycles. The Morgan fingerprint density at radius 2 is 2.25 bits per heavy atom. The minimum Gasteiger partial charge on any atom is -0.391 e. The van der Waals surface area contributed by atoms with Gasteiger partial charge in [-0.25, -0.2) is 3.11 Å². The Kier molecular flexibility index (Phi) is 2.11. The van der Waals surface area contributed by atoms with Gasteiger partial charge in [0.05, 0.1) is 6.10 Å². The van der Waals surface area contributed by atoms with Gasteiger partial charge in [-0.05, 0) is 5.92 Å². The molecule has 1 fully saturated rings. The van der Waals surface area contributed by atoms with Crippen LogP contribution >= 0.6 is 22.9 Å². The molecule has 3 heteroatoms. The van der Waals surface area contributed by atoms with Gasteiger partial charge in [0, 0.05) is 36.0 Å². The number of β-amino-alcohol motifs (C(OH)–C–C–N with tert-alkyl or cyclic N) is 1. The molecule has 1 aliphatic heterocycles. The average molecular weight is 227 g/mol. The molecular formula is C5H10INO. The van der Waals surface area contributed by atoms with E-state index in [2.05, 4.69) is 32.9 Å². The summed E-state index contributed by atoms with van der Waals surface area (Å²) < 4.78 is 2.12. The van der Waals surface area contributed by atoms with Crippen LogP contribution in [0.2, 0.25) is 0 Å². The summed E-state index contributed by atoms with van der Waals surface area (Å²) in [6.45, 7) is 3.94. The molecule has 1 rings (SSSR count). The summed E-state index contributed by atoms with van der Waals surface area (Å²) in [7, 11) is 0. The smallest absolute Gasteiger partial charge is 0.0713 e. The third-order valence-electron chi connectivity index (χ3n) is 1.53. The summed E-state index contributed by atoms with van der Waals surface area (Å²) in [5.74, 6) is 0.465. The second-order valence-electron chi connectivity index (χ2n) is 2.37. The number of aliphatic hydroxyl groups excluding tert-OH is 1. The van der Waals surface area contributed by atoms with Crippen molar-refractivity contribution in [2.75, 3.05) is 13.1 Å². The van der Waals surface area contributed by atoms with Crippen LogP contribution in [-0.2, 0) is 0 Å². The Balaban J connectivity index is 2.39. The number of rotatable bonds is 0. The Bertz CT molecular complexity index is 78.5. The van der Waals surface area contributed by atoms with Crippen molar-refractivity contribution < 1.29 is 5.11 Å². The fourth-order valence-corrected chi connectivity index (χ4v) is 1.92. The molecule has 2 unspecified atom stereocenters. The van der Waals surface area contributed by atoms with Gasteiger partial charge >= 0.3 is 0 Å². The van der Waals surface area contributed by atoms with Gasteiger partial charge in [-0.1, -0.05) is 6.92 Å². The second-order valence-corrected chi connectivity index (χ2v) is 3.74. The molecule has 1 aliphatic rings. The van der Waals surface area contributed by atoms with E-state index in [9.17, 15) is 0 Å². The molecular weight excluding hydrogens is 217 g/mol. The first-order chi connectivity index (χ1) is 3.70. The van der Waals surface area contributed by atoms with Crippen molar-refractivity contribution in [2.24, 2.45) is 5.92 Å². The fourth-order valence-electron chi connectivity index (χ4n) is 0.892. The summed E-state index contributed by atoms with van der Waals surface area (Å²) in [6, 6.07) is 0. The number of hydrogen-bond donors (Lipinski definition) is 1. The maximum absolute atomic E-state index is 9.12. The predicted molar refractivity (Wildman–Crippen MR) is 40.8 cm³/mol. The molecule has 0 saturated carbocycles. The zero-order valence-corrected chi connectivity index (χ0v) is 7.00. The summed E-state index contributed by atoms with van der Waals surface area (Å²) >= 11 is 2.24. The van der Waals surface area contributed by atoms with E-state index in [0.717, 1.165) is 13.1 Å². The van der Waals surface area contributed by atoms with Crippen LogP contribution in [0.5, 0.6) is 0 Å². The Morgan fingerprint density at radius 3 is 2.38 bits per heavy atom. The van der Waals surface area contributed by atoms with E-state index in [1.54, 1.807) is 0 Å². The first kappa shape index (κ1) is 6.77. The predicted octanol–water partition coefficient (Wildman–Crippen LogP) is 0.649. The van der Waals surface area contributed by atoms with Crippen LogP contribution in [0.3, 0.4) is 0 Å². The number of halogens is 1. The van der Waals surface area contributed by atoms with Crippen LogP contribution in [-0.4, -0.2) is 27.4 Å². The van der Waals surface area contributed by atoms with Crippen LogP contribution in [0.25, 0.3) is 0 Å². The maximum atomic E-state index is 9.12. The zero-order chi connectivity index (χ0) is 6.15. The van der Waals surface area contributed by atoms with Gasteiger partial charge in [0.1, 0.15) is 0 Å². The molecule has 0 bridgehead atoms. The van der Waals surface area contributed by atoms with E-state index in [-0.39, 0.29) is 6.10 Å². The first-order valence-corrected chi connectivity index (χ1v) is 3.75. The summed E-state index contributed by atoms with van der Waals surface area (Å²) in [6.07, 6.45) is -0.0908. The standard InChI is InChI=1S/C5H10INO/c1-4-2-7(6)3-5(4)8/h4-5,8H,2-3H2,1H3. The monoisotopic (exact) mass is 227 g/mol. The third kappa shape index (κ3) is 1.33. The summed E-state index contributed by atoms with van der Waals surface area (Å²) in [5.41, 5.74) is 0. The SMILES string of the molecule is CC1CN(I)CC1O. The van der Waals surface area contributed by atoms with Gasteiger partial charge in [-0.15, -0.1) is 0 Å². The Hall–Kier alpha value is 0.650. The molecule has 48 valence electrons. The minimum atomic E-state index is -0.0908. The van der Waals surface area contributed by atoms with Gasteiger partial charge in [0.15, 0.2) is 0 Å². The minimum absolute atomic E-state index is 0.0908. The maximum Gasteiger partial charge on any atom is 0.0713 e. The lowest BCUT2D eigenvalue weighted by atomic mass is 10.1. The van der Waals surface area contributed by atoms with Crippen molar-refractivity contribution in [3.05, 3.63) is 0 Å². The van der Waals surface area contributed by atoms with Gasteiger partial charge < -0.3 is 5.11 Å². The molecule has 2 nitrogen and oxygen atoms in total. The van der Waals surface area contributed by atoms with Crippen LogP contribution in [0.1, 0.15) is 6.92 Å². The van der Waals surface area contributed by atoms with Gasteiger partial charge in [-0.3, -0.25) is 0 Å². The molecule has 0 radical (unpaired) electrons. The Labute approximate surface area is 63.4 Å². The normalized spacial score (nSPS) is 40.9. The van der Waals surface area contributed by atoms with Crippen molar-refractivity contribution in [1.29, 1.82) is 0 Å². The lowest BCUT2D eigenvalue weighted by Gasteiger charge is -2.02. The van der Waals surface area contributed by atoms with Crippen LogP contribution < -0.4 is 0 Å². The van der Waals surface area contributed by atoms with Gasteiger partial charge in [0.2, 0.25) is 0 Å². The largest absolute Gasteiger partial charge is 0.391 e. The van der Waals surface area contributed by atoms with E-state index in [1.165, 1.54) is 0 Å². The number of nitrogens with zero attached hydrogens (tertiary/aromatic N) is 1. The highest BCUT2D eigenvalue weighted by atomic mass is 127. The molecule has 1 N–H and O–H groups in total. The van der Waals surface area contributed by atoms with Gasteiger partial charge in [-0.2, -0.15) is 0 Å². The highest BCUT2D eigenvalue weighted by Gasteiger charge is 2.25. The third-order valence-corrected chi connectivity index (χ3v) is 2.32. The number of hydrogen-bond acceptors (Lipinski definition) is 2. The molecule has 0 aliphatic carbocycles. The van der Waals surface area contributed by atoms with E-state index in [0.29, 0.717) is 5.92 Å². The van der Waals surface area contributed by atoms with E-state index in [4.69, 9.17) is 5.11 Å². The van der Waals surface area contributed by atoms with Crippen molar-refractivity contribution in [2.45, 2.75) is 13.0 Å². The lowest BCUT2D eigenvalue weighted by Crippen LogP contribution is -2.14. The molecule has 0 aromatic heterocycles. The Morgan fingerprint density at radius 1 is 1.62 bits per heavy atom. The first-order valence-electron chi connectivity index (χ1n) is 2.79. The highest BCUT2D eigenvalue weighted by Crippen LogP contribution is 2.18. The molecule has 8 heavy (non-hydrogen) atoms. The van der Waals surface area contributed by atoms with Crippen molar-refractivity contribution >= 4 is 22.9 Å². The zero-order valence-electron chi connectivity index (χ0n) is 4.84.